The lowest BCUT2D eigenvalue weighted by molar-refractivity contribution is -0.151. The number of halogens is 1. The van der Waals surface area contributed by atoms with Gasteiger partial charge in [0.2, 0.25) is 6.17 Å². The monoisotopic (exact) mass is 190 g/mol. The number of alkyl halides is 1. The van der Waals surface area contributed by atoms with Crippen LogP contribution in [0.4, 0.5) is 4.39 Å². The Morgan fingerprint density at radius 1 is 1.77 bits per heavy atom. The largest absolute Gasteiger partial charge is 0.467 e. The molecule has 0 spiro atoms. The molecule has 5 atom stereocenters. The molecule has 2 aliphatic rings. The zero-order valence-corrected chi connectivity index (χ0v) is 7.14. The van der Waals surface area contributed by atoms with Crippen molar-refractivity contribution in [3.63, 3.8) is 0 Å². The van der Waals surface area contributed by atoms with Gasteiger partial charge in [-0.25, -0.2) is 9.18 Å². The number of hydrogen-bond donors (Lipinski definition) is 1. The Kier molecular flexibility index (Phi) is 2.00. The highest BCUT2D eigenvalue weighted by Gasteiger charge is 2.59. The standard InChI is InChI=1S/C8H11FO4/c1-12-8(11)6(9)5-3(10)2-4-7(5)13-4/h3-7,10H,2H2,1H3/t3-,4-,5-,6?,7-/m1/s1. The van der Waals surface area contributed by atoms with Crippen molar-refractivity contribution < 1.29 is 23.8 Å². The normalized spacial score (nSPS) is 43.9. The van der Waals surface area contributed by atoms with Crippen molar-refractivity contribution in [1.29, 1.82) is 0 Å². The van der Waals surface area contributed by atoms with Gasteiger partial charge >= 0.3 is 5.97 Å². The Morgan fingerprint density at radius 3 is 2.92 bits per heavy atom. The molecule has 1 saturated heterocycles. The lowest BCUT2D eigenvalue weighted by Crippen LogP contribution is -2.35. The fraction of sp³-hybridized carbons (Fsp3) is 0.875. The third-order valence-corrected chi connectivity index (χ3v) is 2.68. The van der Waals surface area contributed by atoms with E-state index in [1.807, 2.05) is 0 Å². The molecule has 2 fully saturated rings. The van der Waals surface area contributed by atoms with Crippen molar-refractivity contribution in [2.75, 3.05) is 7.11 Å². The number of fused-ring (bicyclic) bond motifs is 1. The first kappa shape index (κ1) is 8.90. The van der Waals surface area contributed by atoms with Crippen LogP contribution in [-0.4, -0.2) is 42.7 Å². The molecule has 4 nitrogen and oxygen atoms in total. The molecular weight excluding hydrogens is 179 g/mol. The van der Waals surface area contributed by atoms with Crippen LogP contribution >= 0.6 is 0 Å². The number of carbonyl (C=O) groups is 1. The summed E-state index contributed by atoms with van der Waals surface area (Å²) in [6, 6.07) is 0. The van der Waals surface area contributed by atoms with Crippen LogP contribution in [0.5, 0.6) is 0 Å². The molecule has 1 aliphatic carbocycles. The van der Waals surface area contributed by atoms with Crippen molar-refractivity contribution in [2.45, 2.75) is 30.9 Å². The maximum Gasteiger partial charge on any atom is 0.340 e. The molecule has 1 saturated carbocycles. The van der Waals surface area contributed by atoms with Crippen molar-refractivity contribution in [2.24, 2.45) is 5.92 Å². The molecule has 0 bridgehead atoms. The van der Waals surface area contributed by atoms with E-state index in [1.165, 1.54) is 0 Å². The molecule has 13 heavy (non-hydrogen) atoms. The third kappa shape index (κ3) is 1.32. The zero-order chi connectivity index (χ0) is 9.59. The van der Waals surface area contributed by atoms with Gasteiger partial charge < -0.3 is 14.6 Å². The van der Waals surface area contributed by atoms with Crippen molar-refractivity contribution in [3.8, 4) is 0 Å². The summed E-state index contributed by atoms with van der Waals surface area (Å²) in [6.07, 6.45) is -2.46. The molecule has 0 aromatic heterocycles. The number of carbonyl (C=O) groups excluding carboxylic acids is 1. The van der Waals surface area contributed by atoms with Crippen molar-refractivity contribution >= 4 is 5.97 Å². The molecule has 1 N–H and O–H groups in total. The van der Waals surface area contributed by atoms with Crippen LogP contribution in [0.2, 0.25) is 0 Å². The molecule has 74 valence electrons. The number of aliphatic hydroxyl groups excluding tert-OH is 1. The van der Waals surface area contributed by atoms with E-state index >= 15 is 0 Å². The van der Waals surface area contributed by atoms with E-state index in [1.54, 1.807) is 0 Å². The number of rotatable bonds is 2. The molecule has 1 unspecified atom stereocenters. The lowest BCUT2D eigenvalue weighted by Gasteiger charge is -2.18. The van der Waals surface area contributed by atoms with E-state index in [4.69, 9.17) is 4.74 Å². The summed E-state index contributed by atoms with van der Waals surface area (Å²) >= 11 is 0. The molecule has 0 aromatic carbocycles. The predicted octanol–water partition coefficient (Wildman–Crippen LogP) is -0.354. The summed E-state index contributed by atoms with van der Waals surface area (Å²) in [4.78, 5) is 10.8. The van der Waals surface area contributed by atoms with Gasteiger partial charge in [0.15, 0.2) is 0 Å². The number of esters is 1. The first-order valence-electron chi connectivity index (χ1n) is 4.20. The minimum Gasteiger partial charge on any atom is -0.467 e. The molecule has 2 rings (SSSR count). The van der Waals surface area contributed by atoms with E-state index in [0.29, 0.717) is 6.42 Å². The Balaban J connectivity index is 2.02. The van der Waals surface area contributed by atoms with Gasteiger partial charge in [0.05, 0.1) is 31.3 Å². The first-order chi connectivity index (χ1) is 6.15. The van der Waals surface area contributed by atoms with Gasteiger partial charge in [-0.15, -0.1) is 0 Å². The van der Waals surface area contributed by atoms with Gasteiger partial charge in [-0.2, -0.15) is 0 Å². The Hall–Kier alpha value is -0.680. The minimum atomic E-state index is -1.77. The van der Waals surface area contributed by atoms with Crippen LogP contribution in [0.15, 0.2) is 0 Å². The topological polar surface area (TPSA) is 59.1 Å². The molecule has 5 heteroatoms. The van der Waals surface area contributed by atoms with Gasteiger partial charge in [-0.1, -0.05) is 0 Å². The lowest BCUT2D eigenvalue weighted by atomic mass is 9.99. The Morgan fingerprint density at radius 2 is 2.46 bits per heavy atom. The van der Waals surface area contributed by atoms with Gasteiger partial charge in [-0.3, -0.25) is 0 Å². The maximum atomic E-state index is 13.3. The SMILES string of the molecule is COC(=O)C(F)[C@@H]1[C@@H]2O[C@@H]2C[C@H]1O. The van der Waals surface area contributed by atoms with Gasteiger partial charge in [-0.05, 0) is 0 Å². The molecule has 1 aliphatic heterocycles. The zero-order valence-electron chi connectivity index (χ0n) is 7.14. The second kappa shape index (κ2) is 2.92. The minimum absolute atomic E-state index is 0.0529. The van der Waals surface area contributed by atoms with Crippen LogP contribution < -0.4 is 0 Å². The fourth-order valence-corrected chi connectivity index (χ4v) is 1.93. The summed E-state index contributed by atoms with van der Waals surface area (Å²) in [5.41, 5.74) is 0. The first-order valence-corrected chi connectivity index (χ1v) is 4.20. The number of epoxide rings is 1. The van der Waals surface area contributed by atoms with E-state index in [0.717, 1.165) is 7.11 Å². The van der Waals surface area contributed by atoms with Crippen molar-refractivity contribution in [3.05, 3.63) is 0 Å². The van der Waals surface area contributed by atoms with E-state index < -0.39 is 24.2 Å². The van der Waals surface area contributed by atoms with E-state index in [9.17, 15) is 14.3 Å². The highest BCUT2D eigenvalue weighted by Crippen LogP contribution is 2.45. The molecule has 0 amide bonds. The molecular formula is C8H11FO4. The fourth-order valence-electron chi connectivity index (χ4n) is 1.93. The van der Waals surface area contributed by atoms with E-state index in [2.05, 4.69) is 4.74 Å². The smallest absolute Gasteiger partial charge is 0.340 e. The maximum absolute atomic E-state index is 13.3. The summed E-state index contributed by atoms with van der Waals surface area (Å²) in [5, 5.41) is 9.38. The summed E-state index contributed by atoms with van der Waals surface area (Å²) < 4.78 is 22.6. The summed E-state index contributed by atoms with van der Waals surface area (Å²) in [6.45, 7) is 0. The van der Waals surface area contributed by atoms with Crippen LogP contribution in [0.25, 0.3) is 0 Å². The third-order valence-electron chi connectivity index (χ3n) is 2.68. The average Bonchev–Trinajstić information content (AvgIpc) is 2.76. The second-order valence-corrected chi connectivity index (χ2v) is 3.44. The highest BCUT2D eigenvalue weighted by atomic mass is 19.1. The number of ether oxygens (including phenoxy) is 2. The van der Waals surface area contributed by atoms with Gasteiger partial charge in [0.1, 0.15) is 0 Å². The van der Waals surface area contributed by atoms with Gasteiger partial charge in [0, 0.05) is 6.42 Å². The van der Waals surface area contributed by atoms with Crippen LogP contribution in [0.3, 0.4) is 0 Å². The molecule has 1 heterocycles. The Labute approximate surface area is 74.6 Å². The Bertz CT molecular complexity index is 230. The second-order valence-electron chi connectivity index (χ2n) is 3.44. The molecule has 0 aromatic rings. The molecule has 0 radical (unpaired) electrons. The van der Waals surface area contributed by atoms with Gasteiger partial charge in [0.25, 0.3) is 0 Å². The summed E-state index contributed by atoms with van der Waals surface area (Å²) in [5.74, 6) is -1.67. The van der Waals surface area contributed by atoms with Crippen LogP contribution in [-0.2, 0) is 14.3 Å². The van der Waals surface area contributed by atoms with Crippen LogP contribution in [0.1, 0.15) is 6.42 Å². The number of aliphatic hydroxyl groups is 1. The summed E-state index contributed by atoms with van der Waals surface area (Å²) in [7, 11) is 1.13. The number of hydrogen-bond acceptors (Lipinski definition) is 4. The quantitative estimate of drug-likeness (QED) is 0.477. The van der Waals surface area contributed by atoms with Crippen molar-refractivity contribution in [1.82, 2.24) is 0 Å². The number of methoxy groups -OCH3 is 1. The highest BCUT2D eigenvalue weighted by molar-refractivity contribution is 5.75. The van der Waals surface area contributed by atoms with E-state index in [-0.39, 0.29) is 12.2 Å². The predicted molar refractivity (Wildman–Crippen MR) is 39.7 cm³/mol. The average molecular weight is 190 g/mol. The van der Waals surface area contributed by atoms with Crippen LogP contribution in [0, 0.1) is 5.92 Å².